The van der Waals surface area contributed by atoms with E-state index in [4.69, 9.17) is 33.8 Å². The largest absolute Gasteiger partial charge is 0.488 e. The zero-order valence-electron chi connectivity index (χ0n) is 50.4. The minimum absolute atomic E-state index is 0.316. The Morgan fingerprint density at radius 1 is 0.358 bits per heavy atom. The van der Waals surface area contributed by atoms with Gasteiger partial charge >= 0.3 is 7.12 Å². The van der Waals surface area contributed by atoms with Crippen molar-refractivity contribution in [3.63, 3.8) is 0 Å². The second-order valence-corrected chi connectivity index (χ2v) is 23.5. The topological polar surface area (TPSA) is 156 Å². The summed E-state index contributed by atoms with van der Waals surface area (Å²) in [6.45, 7) is 0. The van der Waals surface area contributed by atoms with Crippen molar-refractivity contribution in [2.45, 2.75) is 6.42 Å². The summed E-state index contributed by atoms with van der Waals surface area (Å²) in [6, 6.07) is 95.7. The zero-order chi connectivity index (χ0) is 65.1. The van der Waals surface area contributed by atoms with E-state index < -0.39 is 18.8 Å². The lowest BCUT2D eigenvalue weighted by atomic mass is 9.80. The van der Waals surface area contributed by atoms with Crippen LogP contribution in [0.25, 0.3) is 127 Å². The van der Waals surface area contributed by atoms with Crippen LogP contribution in [0.4, 0.5) is 8.78 Å². The Bertz CT molecular complexity index is 5850. The molecule has 0 amide bonds. The zero-order valence-corrected chi connectivity index (χ0v) is 52.0. The minimum Gasteiger partial charge on any atom is -0.456 e. The molecule has 2 N–H and O–H groups in total. The van der Waals surface area contributed by atoms with Gasteiger partial charge in [-0.15, -0.1) is 0 Å². The molecular weight excluding hydrogens is 1250 g/mol. The maximum atomic E-state index is 14.2. The van der Waals surface area contributed by atoms with E-state index in [1.54, 1.807) is 36.4 Å². The molecular formula is C82H50BBrF2N4O5. The van der Waals surface area contributed by atoms with Gasteiger partial charge in [-0.05, 0) is 164 Å². The second kappa shape index (κ2) is 26.2. The highest BCUT2D eigenvalue weighted by Gasteiger charge is 2.20. The van der Waals surface area contributed by atoms with Crippen molar-refractivity contribution in [1.29, 1.82) is 15.8 Å². The van der Waals surface area contributed by atoms with Gasteiger partial charge in [-0.25, -0.2) is 8.78 Å². The third kappa shape index (κ3) is 12.0. The van der Waals surface area contributed by atoms with Crippen LogP contribution >= 0.6 is 15.9 Å². The molecule has 9 nitrogen and oxygen atoms in total. The van der Waals surface area contributed by atoms with E-state index in [1.165, 1.54) is 51.2 Å². The smallest absolute Gasteiger partial charge is 0.456 e. The first-order chi connectivity index (χ1) is 46.5. The molecule has 13 aromatic carbocycles. The van der Waals surface area contributed by atoms with E-state index in [9.17, 15) is 14.0 Å². The molecule has 0 spiro atoms. The fraction of sp³-hybridized carbons (Fsp3) is 0.0122. The van der Waals surface area contributed by atoms with Gasteiger partial charge < -0.3 is 27.9 Å². The van der Waals surface area contributed by atoms with E-state index >= 15 is 0 Å². The molecule has 0 unspecified atom stereocenters. The summed E-state index contributed by atoms with van der Waals surface area (Å²) in [4.78, 5) is 0. The normalized spacial score (nSPS) is 11.1. The number of halogens is 3. The highest BCUT2D eigenvalue weighted by molar-refractivity contribution is 9.10. The fourth-order valence-electron chi connectivity index (χ4n) is 12.4. The van der Waals surface area contributed by atoms with Crippen molar-refractivity contribution in [3.05, 3.63) is 323 Å². The molecule has 0 bridgehead atoms. The summed E-state index contributed by atoms with van der Waals surface area (Å²) in [6.07, 6.45) is 1.10. The van der Waals surface area contributed by atoms with Gasteiger partial charge in [0, 0.05) is 54.2 Å². The lowest BCUT2D eigenvalue weighted by Gasteiger charge is -2.15. The van der Waals surface area contributed by atoms with Crippen LogP contribution in [0.15, 0.2) is 297 Å². The molecule has 13 heteroatoms. The van der Waals surface area contributed by atoms with Gasteiger partial charge in [0.05, 0.1) is 56.1 Å². The standard InChI is InChI=1S/C31H18N2O.C19H10FNO.C13H10.C12H9BO3.C7H3BrFN/c32-19-20-13-15-22(21-14-16-31-26(18-21)25-9-3-6-12-30(25)34-31)29(17-20)33-27-10-4-1-7-23(27)24-8-2-5-11-28(24)33;20-17-9-12(11-21)5-7-14(17)13-6-8-19-16(10-13)15-3-1-2-4-18(15)22-19;1-3-7-12-10(5-1)9-11-6-2-4-8-13(11)12;14-13(15)8-5-6-12-10(7-8)9-3-1-2-4-11(9)16-12;8-6-2-1-5(4-10)3-7(6)9/h1-18H;1-10H;1-8H,9H2;1-7,14-15H;1-3H. The Morgan fingerprint density at radius 2 is 0.747 bits per heavy atom. The van der Waals surface area contributed by atoms with Crippen LogP contribution in [-0.4, -0.2) is 21.7 Å². The summed E-state index contributed by atoms with van der Waals surface area (Å²) >= 11 is 2.97. The average Bonchev–Trinajstić information content (AvgIpc) is 1.62. The molecule has 0 aliphatic heterocycles. The predicted molar refractivity (Wildman–Crippen MR) is 379 cm³/mol. The van der Waals surface area contributed by atoms with Gasteiger partial charge in [0.2, 0.25) is 0 Å². The Kier molecular flexibility index (Phi) is 16.7. The fourth-order valence-corrected chi connectivity index (χ4v) is 12.6. The van der Waals surface area contributed by atoms with Crippen molar-refractivity contribution >= 4 is 116 Å². The lowest BCUT2D eigenvalue weighted by molar-refractivity contribution is 0.426. The van der Waals surface area contributed by atoms with Gasteiger partial charge in [-0.3, -0.25) is 0 Å². The Hall–Kier alpha value is -12.1. The number of fused-ring (bicyclic) bond motifs is 15. The molecule has 1 aliphatic rings. The first-order valence-corrected chi connectivity index (χ1v) is 31.2. The van der Waals surface area contributed by atoms with Crippen molar-refractivity contribution in [1.82, 2.24) is 4.57 Å². The Labute approximate surface area is 551 Å². The molecule has 452 valence electrons. The number of nitrogens with zero attached hydrogens (tertiary/aromatic N) is 4. The van der Waals surface area contributed by atoms with Crippen LogP contribution < -0.4 is 5.46 Å². The number of para-hydroxylation sites is 5. The predicted octanol–water partition coefficient (Wildman–Crippen LogP) is 20.5. The van der Waals surface area contributed by atoms with Crippen LogP contribution in [0.5, 0.6) is 0 Å². The highest BCUT2D eigenvalue weighted by Crippen LogP contribution is 2.40. The van der Waals surface area contributed by atoms with Crippen molar-refractivity contribution in [2.75, 3.05) is 0 Å². The first-order valence-electron chi connectivity index (χ1n) is 30.4. The summed E-state index contributed by atoms with van der Waals surface area (Å²) in [5, 5.41) is 53.5. The van der Waals surface area contributed by atoms with Gasteiger partial charge in [-0.1, -0.05) is 176 Å². The first kappa shape index (κ1) is 60.4. The van der Waals surface area contributed by atoms with Gasteiger partial charge in [0.1, 0.15) is 45.1 Å². The van der Waals surface area contributed by atoms with Crippen LogP contribution in [0.2, 0.25) is 0 Å². The number of rotatable bonds is 4. The molecule has 17 aromatic rings. The van der Waals surface area contributed by atoms with Crippen LogP contribution in [-0.2, 0) is 6.42 Å². The van der Waals surface area contributed by atoms with Crippen LogP contribution in [0.1, 0.15) is 27.8 Å². The average molecular weight is 1300 g/mol. The van der Waals surface area contributed by atoms with Crippen LogP contribution in [0.3, 0.4) is 0 Å². The van der Waals surface area contributed by atoms with Gasteiger partial charge in [0.25, 0.3) is 0 Å². The number of hydrogen-bond donors (Lipinski definition) is 2. The van der Waals surface area contributed by atoms with Gasteiger partial charge in [-0.2, -0.15) is 15.8 Å². The molecule has 0 fully saturated rings. The van der Waals surface area contributed by atoms with Crippen molar-refractivity contribution in [2.24, 2.45) is 0 Å². The molecule has 0 atom stereocenters. The number of furan rings is 3. The van der Waals surface area contributed by atoms with E-state index in [1.807, 2.05) is 115 Å². The molecule has 95 heavy (non-hydrogen) atoms. The number of benzene rings is 13. The van der Waals surface area contributed by atoms with Crippen molar-refractivity contribution in [3.8, 4) is 57.3 Å². The monoisotopic (exact) mass is 1300 g/mol. The van der Waals surface area contributed by atoms with E-state index in [2.05, 4.69) is 148 Å². The quantitative estimate of drug-likeness (QED) is 0.165. The Balaban J connectivity index is 0.000000110. The third-order valence-electron chi connectivity index (χ3n) is 16.9. The summed E-state index contributed by atoms with van der Waals surface area (Å²) in [5.41, 5.74) is 19.0. The van der Waals surface area contributed by atoms with Crippen LogP contribution in [0, 0.1) is 45.6 Å². The highest BCUT2D eigenvalue weighted by atomic mass is 79.9. The van der Waals surface area contributed by atoms with E-state index in [0.29, 0.717) is 32.2 Å². The summed E-state index contributed by atoms with van der Waals surface area (Å²) in [7, 11) is -1.45. The van der Waals surface area contributed by atoms with E-state index in [0.717, 1.165) is 106 Å². The molecule has 0 saturated carbocycles. The third-order valence-corrected chi connectivity index (χ3v) is 17.5. The second-order valence-electron chi connectivity index (χ2n) is 22.6. The number of hydrogen-bond acceptors (Lipinski definition) is 8. The lowest BCUT2D eigenvalue weighted by Crippen LogP contribution is -2.29. The maximum absolute atomic E-state index is 14.2. The van der Waals surface area contributed by atoms with E-state index in [-0.39, 0.29) is 0 Å². The molecule has 0 radical (unpaired) electrons. The number of aromatic nitrogens is 1. The molecule has 0 saturated heterocycles. The summed E-state index contributed by atoms with van der Waals surface area (Å²) in [5.74, 6) is -0.801. The Morgan fingerprint density at radius 3 is 1.23 bits per heavy atom. The molecule has 4 aromatic heterocycles. The SMILES string of the molecule is N#Cc1ccc(-c2ccc3oc4ccccc4c3c2)c(-n2c3ccccc3c3ccccc32)c1.N#Cc1ccc(-c2ccc3oc4ccccc4c3c2)c(F)c1.N#Cc1ccc(Br)c(F)c1.OB(O)c1ccc2oc3ccccc3c2c1.c1ccc2c(c1)Cc1ccccc1-2. The maximum Gasteiger partial charge on any atom is 0.488 e. The minimum atomic E-state index is -1.45. The number of nitriles is 3. The molecule has 1 aliphatic carbocycles. The van der Waals surface area contributed by atoms with Crippen molar-refractivity contribution < 1.29 is 32.1 Å². The summed E-state index contributed by atoms with van der Waals surface area (Å²) < 4.78 is 46.9. The molecule has 4 heterocycles. The molecule has 18 rings (SSSR count). The van der Waals surface area contributed by atoms with Gasteiger partial charge in [0.15, 0.2) is 0 Å².